The van der Waals surface area contributed by atoms with Gasteiger partial charge < -0.3 is 10.2 Å². The zero-order valence-corrected chi connectivity index (χ0v) is 12.0. The lowest BCUT2D eigenvalue weighted by Crippen LogP contribution is -2.51. The fraction of sp³-hybridized carbons (Fsp3) is 0.938. The zero-order chi connectivity index (χ0) is 12.8. The number of hydrogen-bond acceptors (Lipinski definition) is 3. The maximum atomic E-state index is 5.22. The Labute approximate surface area is 116 Å². The first-order valence-electron chi connectivity index (χ1n) is 8.19. The van der Waals surface area contributed by atoms with Crippen LogP contribution in [0.2, 0.25) is 0 Å². The summed E-state index contributed by atoms with van der Waals surface area (Å²) in [6, 6.07) is 0.502. The molecule has 0 aromatic heterocycles. The van der Waals surface area contributed by atoms with Gasteiger partial charge in [-0.1, -0.05) is 5.16 Å². The second kappa shape index (κ2) is 4.76. The van der Waals surface area contributed by atoms with E-state index >= 15 is 0 Å². The quantitative estimate of drug-likeness (QED) is 0.627. The van der Waals surface area contributed by atoms with Crippen LogP contribution in [0.3, 0.4) is 0 Å². The Morgan fingerprint density at radius 1 is 1.05 bits per heavy atom. The van der Waals surface area contributed by atoms with Gasteiger partial charge >= 0.3 is 0 Å². The topological polar surface area (TPSA) is 33.6 Å². The highest BCUT2D eigenvalue weighted by molar-refractivity contribution is 5.92. The van der Waals surface area contributed by atoms with Crippen LogP contribution in [0, 0.1) is 29.6 Å². The SMILES string of the molecule is CO/N=C(/C1CCCN1)C1C2CC3CC(C2)CC1C3. The predicted octanol–water partition coefficient (Wildman–Crippen LogP) is 2.81. The molecule has 0 spiro atoms. The van der Waals surface area contributed by atoms with Crippen LogP contribution >= 0.6 is 0 Å². The van der Waals surface area contributed by atoms with E-state index in [1.165, 1.54) is 50.7 Å². The summed E-state index contributed by atoms with van der Waals surface area (Å²) in [5.41, 5.74) is 1.37. The van der Waals surface area contributed by atoms with Crippen molar-refractivity contribution in [2.45, 2.75) is 51.0 Å². The van der Waals surface area contributed by atoms with E-state index in [2.05, 4.69) is 10.5 Å². The van der Waals surface area contributed by atoms with Crippen molar-refractivity contribution in [3.8, 4) is 0 Å². The largest absolute Gasteiger partial charge is 0.399 e. The molecule has 4 aliphatic carbocycles. The van der Waals surface area contributed by atoms with E-state index in [9.17, 15) is 0 Å². The molecule has 1 aliphatic heterocycles. The van der Waals surface area contributed by atoms with Gasteiger partial charge in [-0.05, 0) is 75.2 Å². The second-order valence-electron chi connectivity index (χ2n) is 7.30. The Bertz CT molecular complexity index is 345. The average molecular weight is 262 g/mol. The monoisotopic (exact) mass is 262 g/mol. The number of nitrogens with one attached hydrogen (secondary N) is 1. The number of hydrogen-bond donors (Lipinski definition) is 1. The minimum atomic E-state index is 0.502. The van der Waals surface area contributed by atoms with Gasteiger partial charge in [-0.25, -0.2) is 0 Å². The summed E-state index contributed by atoms with van der Waals surface area (Å²) < 4.78 is 0. The third-order valence-electron chi connectivity index (χ3n) is 6.18. The van der Waals surface area contributed by atoms with Gasteiger partial charge in [0.05, 0.1) is 5.71 Å². The van der Waals surface area contributed by atoms with Crippen molar-refractivity contribution in [1.29, 1.82) is 0 Å². The molecule has 1 atom stereocenters. The molecule has 0 aromatic rings. The molecule has 1 unspecified atom stereocenters. The highest BCUT2D eigenvalue weighted by Gasteiger charge is 2.51. The zero-order valence-electron chi connectivity index (χ0n) is 12.0. The molecular formula is C16H26N2O. The molecule has 1 saturated heterocycles. The Balaban J connectivity index is 1.60. The van der Waals surface area contributed by atoms with Gasteiger partial charge in [-0.3, -0.25) is 0 Å². The number of nitrogens with zero attached hydrogens (tertiary/aromatic N) is 1. The van der Waals surface area contributed by atoms with Crippen LogP contribution in [0.25, 0.3) is 0 Å². The van der Waals surface area contributed by atoms with Crippen LogP contribution in [0.1, 0.15) is 44.9 Å². The van der Waals surface area contributed by atoms with Crippen LogP contribution in [0.5, 0.6) is 0 Å². The van der Waals surface area contributed by atoms with E-state index in [1.54, 1.807) is 7.11 Å². The van der Waals surface area contributed by atoms with Gasteiger partial charge in [0.25, 0.3) is 0 Å². The average Bonchev–Trinajstić information content (AvgIpc) is 2.89. The number of oxime groups is 1. The second-order valence-corrected chi connectivity index (χ2v) is 7.30. The van der Waals surface area contributed by atoms with E-state index in [4.69, 9.17) is 4.84 Å². The summed E-state index contributed by atoms with van der Waals surface area (Å²) in [6.07, 6.45) is 9.93. The molecule has 5 fully saturated rings. The van der Waals surface area contributed by atoms with Crippen LogP contribution in [-0.2, 0) is 4.84 Å². The number of rotatable bonds is 3. The Morgan fingerprint density at radius 3 is 2.26 bits per heavy atom. The smallest absolute Gasteiger partial charge is 0.106 e. The molecule has 5 rings (SSSR count). The predicted molar refractivity (Wildman–Crippen MR) is 76.0 cm³/mol. The van der Waals surface area contributed by atoms with E-state index in [-0.39, 0.29) is 0 Å². The first-order valence-corrected chi connectivity index (χ1v) is 8.19. The summed E-state index contributed by atoms with van der Waals surface area (Å²) in [4.78, 5) is 5.22. The summed E-state index contributed by atoms with van der Waals surface area (Å²) in [6.45, 7) is 1.15. The molecule has 0 amide bonds. The third-order valence-corrected chi connectivity index (χ3v) is 6.18. The molecule has 0 radical (unpaired) electrons. The third kappa shape index (κ3) is 2.01. The Kier molecular flexibility index (Phi) is 3.06. The molecular weight excluding hydrogens is 236 g/mol. The van der Waals surface area contributed by atoms with Crippen molar-refractivity contribution in [1.82, 2.24) is 5.32 Å². The maximum Gasteiger partial charge on any atom is 0.106 e. The van der Waals surface area contributed by atoms with Gasteiger partial charge in [-0.2, -0.15) is 0 Å². The maximum absolute atomic E-state index is 5.22. The van der Waals surface area contributed by atoms with Gasteiger partial charge in [0.1, 0.15) is 7.11 Å². The summed E-state index contributed by atoms with van der Waals surface area (Å²) in [5, 5.41) is 8.15. The lowest BCUT2D eigenvalue weighted by Gasteiger charge is -2.55. The van der Waals surface area contributed by atoms with Crippen LogP contribution < -0.4 is 5.32 Å². The fourth-order valence-electron chi connectivity index (χ4n) is 5.81. The van der Waals surface area contributed by atoms with Crippen molar-refractivity contribution in [3.05, 3.63) is 0 Å². The normalized spacial score (nSPS) is 48.8. The first kappa shape index (κ1) is 12.2. The molecule has 19 heavy (non-hydrogen) atoms. The minimum Gasteiger partial charge on any atom is -0.399 e. The first-order chi connectivity index (χ1) is 9.35. The van der Waals surface area contributed by atoms with Crippen LogP contribution in [-0.4, -0.2) is 25.4 Å². The standard InChI is InChI=1S/C16H26N2O/c1-19-18-16(14-3-2-4-17-14)15-12-6-10-5-11(8-12)9-13(15)7-10/h10-15,17H,2-9H2,1H3/b18-16-. The van der Waals surface area contributed by atoms with E-state index in [0.717, 1.165) is 36.1 Å². The summed E-state index contributed by atoms with van der Waals surface area (Å²) in [7, 11) is 1.71. The molecule has 3 heteroatoms. The molecule has 106 valence electrons. The van der Waals surface area contributed by atoms with Crippen molar-refractivity contribution < 1.29 is 4.84 Å². The lowest BCUT2D eigenvalue weighted by atomic mass is 9.50. The van der Waals surface area contributed by atoms with Crippen molar-refractivity contribution in [2.24, 2.45) is 34.7 Å². The lowest BCUT2D eigenvalue weighted by molar-refractivity contribution is -0.0109. The molecule has 4 bridgehead atoms. The van der Waals surface area contributed by atoms with E-state index < -0.39 is 0 Å². The Hall–Kier alpha value is -0.570. The van der Waals surface area contributed by atoms with Crippen LogP contribution in [0.15, 0.2) is 5.16 Å². The summed E-state index contributed by atoms with van der Waals surface area (Å²) >= 11 is 0. The fourth-order valence-corrected chi connectivity index (χ4v) is 5.81. The highest BCUT2D eigenvalue weighted by Crippen LogP contribution is 2.57. The van der Waals surface area contributed by atoms with Crippen molar-refractivity contribution >= 4 is 5.71 Å². The molecule has 3 nitrogen and oxygen atoms in total. The van der Waals surface area contributed by atoms with Gasteiger partial charge in [-0.15, -0.1) is 0 Å². The minimum absolute atomic E-state index is 0.502. The van der Waals surface area contributed by atoms with Gasteiger partial charge in [0.15, 0.2) is 0 Å². The highest BCUT2D eigenvalue weighted by atomic mass is 16.6. The Morgan fingerprint density at radius 2 is 1.74 bits per heavy atom. The van der Waals surface area contributed by atoms with Crippen molar-refractivity contribution in [3.63, 3.8) is 0 Å². The van der Waals surface area contributed by atoms with Crippen LogP contribution in [0.4, 0.5) is 0 Å². The van der Waals surface area contributed by atoms with Gasteiger partial charge in [0.2, 0.25) is 0 Å². The molecule has 5 aliphatic rings. The molecule has 0 aromatic carbocycles. The van der Waals surface area contributed by atoms with E-state index in [1.807, 2.05) is 0 Å². The molecule has 1 N–H and O–H groups in total. The van der Waals surface area contributed by atoms with E-state index in [0.29, 0.717) is 6.04 Å². The van der Waals surface area contributed by atoms with Gasteiger partial charge in [0, 0.05) is 12.0 Å². The van der Waals surface area contributed by atoms with Crippen molar-refractivity contribution in [2.75, 3.05) is 13.7 Å². The molecule has 4 saturated carbocycles. The molecule has 1 heterocycles. The summed E-state index contributed by atoms with van der Waals surface area (Å²) in [5.74, 6) is 4.63.